The minimum atomic E-state index is -3.54. The molecule has 0 spiro atoms. The minimum absolute atomic E-state index is 0.00326. The van der Waals surface area contributed by atoms with Gasteiger partial charge in [-0.05, 0) is 18.9 Å². The molecular weight excluding hydrogens is 314 g/mol. The molecule has 1 saturated carbocycles. The van der Waals surface area contributed by atoms with Crippen molar-refractivity contribution in [3.8, 4) is 11.3 Å². The van der Waals surface area contributed by atoms with E-state index in [1.54, 1.807) is 12.1 Å². The average Bonchev–Trinajstić information content (AvgIpc) is 3.06. The Labute approximate surface area is 126 Å². The molecule has 3 rings (SSSR count). The van der Waals surface area contributed by atoms with Gasteiger partial charge in [-0.25, -0.2) is 8.42 Å². The minimum Gasteiger partial charge on any atom is -0.364 e. The monoisotopic (exact) mass is 325 g/mol. The number of hydrogen-bond donors (Lipinski definition) is 0. The Bertz CT molecular complexity index is 821. The first-order valence-electron chi connectivity index (χ1n) is 6.29. The van der Waals surface area contributed by atoms with Crippen LogP contribution in [0.15, 0.2) is 33.9 Å². The molecule has 1 aromatic carbocycles. The second kappa shape index (κ2) is 4.68. The molecule has 0 saturated heterocycles. The van der Waals surface area contributed by atoms with Crippen molar-refractivity contribution in [2.75, 3.05) is 6.26 Å². The lowest BCUT2D eigenvalue weighted by atomic mass is 9.95. The summed E-state index contributed by atoms with van der Waals surface area (Å²) in [5.74, 6) is 0. The molecule has 0 unspecified atom stereocenters. The number of carbonyl (C=O) groups excluding carboxylic acids is 1. The van der Waals surface area contributed by atoms with Gasteiger partial charge in [0.2, 0.25) is 0 Å². The molecule has 0 aliphatic heterocycles. The summed E-state index contributed by atoms with van der Waals surface area (Å²) < 4.78 is 29.0. The van der Waals surface area contributed by atoms with Crippen LogP contribution >= 0.6 is 11.6 Å². The zero-order chi connectivity index (χ0) is 15.3. The third-order valence-electron chi connectivity index (χ3n) is 3.71. The van der Waals surface area contributed by atoms with E-state index in [0.717, 1.165) is 12.5 Å². The normalized spacial score (nSPS) is 16.7. The summed E-state index contributed by atoms with van der Waals surface area (Å²) in [7, 11) is -3.54. The van der Waals surface area contributed by atoms with Crippen LogP contribution in [0.3, 0.4) is 0 Å². The van der Waals surface area contributed by atoms with Crippen LogP contribution in [0.2, 0.25) is 5.02 Å². The highest BCUT2D eigenvalue weighted by molar-refractivity contribution is 7.91. The van der Waals surface area contributed by atoms with Crippen molar-refractivity contribution in [3.63, 3.8) is 0 Å². The third kappa shape index (κ3) is 2.28. The topological polar surface area (TPSA) is 77.2 Å². The zero-order valence-electron chi connectivity index (χ0n) is 11.2. The van der Waals surface area contributed by atoms with E-state index >= 15 is 0 Å². The third-order valence-corrected chi connectivity index (χ3v) is 5.32. The van der Waals surface area contributed by atoms with E-state index in [1.807, 2.05) is 0 Å². The van der Waals surface area contributed by atoms with Gasteiger partial charge in [-0.1, -0.05) is 28.9 Å². The lowest BCUT2D eigenvalue weighted by Crippen LogP contribution is -2.09. The van der Waals surface area contributed by atoms with Crippen LogP contribution in [0.1, 0.15) is 18.4 Å². The van der Waals surface area contributed by atoms with Crippen molar-refractivity contribution >= 4 is 27.7 Å². The van der Waals surface area contributed by atoms with Crippen LogP contribution in [0.5, 0.6) is 0 Å². The Kier molecular flexibility index (Phi) is 3.18. The van der Waals surface area contributed by atoms with Crippen LogP contribution < -0.4 is 0 Å². The first kappa shape index (κ1) is 14.3. The fourth-order valence-corrected chi connectivity index (χ4v) is 4.02. The maximum Gasteiger partial charge on any atom is 0.177 e. The van der Waals surface area contributed by atoms with Gasteiger partial charge in [0, 0.05) is 17.4 Å². The van der Waals surface area contributed by atoms with Gasteiger partial charge in [0.25, 0.3) is 0 Å². The van der Waals surface area contributed by atoms with Crippen LogP contribution in [-0.4, -0.2) is 26.1 Å². The standard InChI is InChI=1S/C14H12ClNO4S/c1-21(18,19)13-9(3-2-4-11(13)15)12-10(7-20-16-12)14(8-17)5-6-14/h2-4,7-8H,5-6H2,1H3. The predicted molar refractivity (Wildman–Crippen MR) is 77.0 cm³/mol. The molecule has 7 heteroatoms. The van der Waals surface area contributed by atoms with Gasteiger partial charge < -0.3 is 9.32 Å². The van der Waals surface area contributed by atoms with Crippen LogP contribution in [0.25, 0.3) is 11.3 Å². The summed E-state index contributed by atoms with van der Waals surface area (Å²) in [6.07, 6.45) is 4.78. The highest BCUT2D eigenvalue weighted by atomic mass is 35.5. The maximum atomic E-state index is 12.0. The average molecular weight is 326 g/mol. The Hall–Kier alpha value is -1.66. The molecule has 5 nitrogen and oxygen atoms in total. The first-order chi connectivity index (χ1) is 9.89. The summed E-state index contributed by atoms with van der Waals surface area (Å²) in [6, 6.07) is 4.77. The molecule has 1 heterocycles. The fourth-order valence-electron chi connectivity index (χ4n) is 2.44. The number of hydrogen-bond acceptors (Lipinski definition) is 5. The van der Waals surface area contributed by atoms with Crippen LogP contribution in [0, 0.1) is 0 Å². The van der Waals surface area contributed by atoms with E-state index < -0.39 is 15.3 Å². The SMILES string of the molecule is CS(=O)(=O)c1c(Cl)cccc1-c1nocc1C1(C=O)CC1. The van der Waals surface area contributed by atoms with Crippen LogP contribution in [0.4, 0.5) is 0 Å². The number of sulfone groups is 1. The molecule has 0 radical (unpaired) electrons. The number of nitrogens with zero attached hydrogens (tertiary/aromatic N) is 1. The summed E-state index contributed by atoms with van der Waals surface area (Å²) >= 11 is 6.04. The molecule has 0 amide bonds. The number of benzene rings is 1. The largest absolute Gasteiger partial charge is 0.364 e. The van der Waals surface area contributed by atoms with Crippen molar-refractivity contribution in [2.24, 2.45) is 0 Å². The van der Waals surface area contributed by atoms with Crippen molar-refractivity contribution in [3.05, 3.63) is 35.0 Å². The lowest BCUT2D eigenvalue weighted by molar-refractivity contribution is -0.109. The van der Waals surface area contributed by atoms with E-state index in [0.29, 0.717) is 29.7 Å². The lowest BCUT2D eigenvalue weighted by Gasteiger charge is -2.11. The van der Waals surface area contributed by atoms with Gasteiger partial charge in [-0.3, -0.25) is 0 Å². The maximum absolute atomic E-state index is 12.0. The second-order valence-corrected chi connectivity index (χ2v) is 7.60. The van der Waals surface area contributed by atoms with E-state index in [-0.39, 0.29) is 9.92 Å². The van der Waals surface area contributed by atoms with Gasteiger partial charge in [-0.15, -0.1) is 0 Å². The summed E-state index contributed by atoms with van der Waals surface area (Å²) in [4.78, 5) is 11.3. The number of aldehydes is 1. The van der Waals surface area contributed by atoms with Crippen molar-refractivity contribution < 1.29 is 17.7 Å². The summed E-state index contributed by atoms with van der Waals surface area (Å²) in [5.41, 5.74) is 0.737. The van der Waals surface area contributed by atoms with Gasteiger partial charge in [-0.2, -0.15) is 0 Å². The Morgan fingerprint density at radius 2 is 2.10 bits per heavy atom. The molecule has 2 aromatic rings. The Morgan fingerprint density at radius 1 is 1.38 bits per heavy atom. The molecule has 1 aromatic heterocycles. The predicted octanol–water partition coefficient (Wildman–Crippen LogP) is 2.63. The molecule has 0 N–H and O–H groups in total. The Balaban J connectivity index is 2.27. The van der Waals surface area contributed by atoms with Crippen molar-refractivity contribution in [2.45, 2.75) is 23.2 Å². The number of aromatic nitrogens is 1. The highest BCUT2D eigenvalue weighted by Crippen LogP contribution is 2.50. The zero-order valence-corrected chi connectivity index (χ0v) is 12.7. The van der Waals surface area contributed by atoms with Gasteiger partial charge in [0.1, 0.15) is 18.2 Å². The quantitative estimate of drug-likeness (QED) is 0.807. The van der Waals surface area contributed by atoms with Crippen molar-refractivity contribution in [1.82, 2.24) is 5.16 Å². The number of rotatable bonds is 4. The summed E-state index contributed by atoms with van der Waals surface area (Å²) in [6.45, 7) is 0. The molecule has 110 valence electrons. The summed E-state index contributed by atoms with van der Waals surface area (Å²) in [5, 5.41) is 4.02. The van der Waals surface area contributed by atoms with Crippen molar-refractivity contribution in [1.29, 1.82) is 0 Å². The first-order valence-corrected chi connectivity index (χ1v) is 8.56. The molecule has 1 aliphatic rings. The fraction of sp³-hybridized carbons (Fsp3) is 0.286. The highest BCUT2D eigenvalue weighted by Gasteiger charge is 2.48. The van der Waals surface area contributed by atoms with Crippen LogP contribution in [-0.2, 0) is 20.0 Å². The molecule has 1 fully saturated rings. The van der Waals surface area contributed by atoms with Gasteiger partial charge in [0.05, 0.1) is 15.3 Å². The molecule has 1 aliphatic carbocycles. The smallest absolute Gasteiger partial charge is 0.177 e. The van der Waals surface area contributed by atoms with Gasteiger partial charge >= 0.3 is 0 Å². The number of carbonyl (C=O) groups is 1. The van der Waals surface area contributed by atoms with E-state index in [2.05, 4.69) is 5.16 Å². The number of halogens is 1. The molecule has 0 bridgehead atoms. The Morgan fingerprint density at radius 3 is 2.67 bits per heavy atom. The molecule has 0 atom stereocenters. The molecule has 21 heavy (non-hydrogen) atoms. The van der Waals surface area contributed by atoms with E-state index in [1.165, 1.54) is 12.3 Å². The second-order valence-electron chi connectivity index (χ2n) is 5.24. The van der Waals surface area contributed by atoms with Gasteiger partial charge in [0.15, 0.2) is 9.84 Å². The van der Waals surface area contributed by atoms with E-state index in [9.17, 15) is 13.2 Å². The van der Waals surface area contributed by atoms with E-state index in [4.69, 9.17) is 16.1 Å². The molecular formula is C14H12ClNO4S.